The molecule has 0 aliphatic heterocycles. The van der Waals surface area contributed by atoms with Crippen LogP contribution in [0.1, 0.15) is 5.56 Å². The zero-order valence-electron chi connectivity index (χ0n) is 12.4. The fraction of sp³-hybridized carbons (Fsp3) is 0.125. The van der Waals surface area contributed by atoms with Gasteiger partial charge >= 0.3 is 18.0 Å². The molecule has 2 aromatic carbocycles. The molecule has 4 nitrogen and oxygen atoms in total. The molecule has 126 valence electrons. The molecule has 0 aromatic heterocycles. The Morgan fingerprint density at radius 1 is 1.08 bits per heavy atom. The van der Waals surface area contributed by atoms with Gasteiger partial charge < -0.3 is 10.2 Å². The van der Waals surface area contributed by atoms with E-state index >= 15 is 0 Å². The quantitative estimate of drug-likeness (QED) is 0.828. The van der Waals surface area contributed by atoms with E-state index in [1.54, 1.807) is 30.3 Å². The molecule has 1 N–H and O–H groups in total. The third-order valence-corrected chi connectivity index (χ3v) is 3.50. The smallest absolute Gasteiger partial charge is 0.318 e. The number of halogens is 4. The average molecular weight is 357 g/mol. The molecule has 0 aliphatic carbocycles. The SMILES string of the molecule is CN(C(=O)C(=O)Nc1ccc(Cl)c(C(F)(F)F)c1)c1ccccc1. The Bertz CT molecular complexity index is 764. The number of carbonyl (C=O) groups is 2. The van der Waals surface area contributed by atoms with Gasteiger partial charge in [-0.1, -0.05) is 29.8 Å². The molecule has 0 heterocycles. The summed E-state index contributed by atoms with van der Waals surface area (Å²) >= 11 is 5.50. The molecule has 0 unspecified atom stereocenters. The number of alkyl halides is 3. The number of para-hydroxylation sites is 1. The van der Waals surface area contributed by atoms with Crippen LogP contribution in [0.2, 0.25) is 5.02 Å². The van der Waals surface area contributed by atoms with Crippen LogP contribution in [-0.4, -0.2) is 18.9 Å². The van der Waals surface area contributed by atoms with Crippen LogP contribution in [0.25, 0.3) is 0 Å². The van der Waals surface area contributed by atoms with Gasteiger partial charge in [-0.3, -0.25) is 9.59 Å². The number of carbonyl (C=O) groups excluding carboxylic acids is 2. The minimum absolute atomic E-state index is 0.175. The maximum atomic E-state index is 12.8. The first-order valence-corrected chi connectivity index (χ1v) is 7.09. The van der Waals surface area contributed by atoms with Crippen LogP contribution in [0.3, 0.4) is 0 Å². The lowest BCUT2D eigenvalue weighted by atomic mass is 10.2. The van der Waals surface area contributed by atoms with Crippen molar-refractivity contribution in [1.82, 2.24) is 0 Å². The number of rotatable bonds is 2. The Morgan fingerprint density at radius 2 is 1.71 bits per heavy atom. The van der Waals surface area contributed by atoms with Crippen LogP contribution >= 0.6 is 11.6 Å². The number of nitrogens with one attached hydrogen (secondary N) is 1. The summed E-state index contributed by atoms with van der Waals surface area (Å²) in [5, 5.41) is 1.65. The van der Waals surface area contributed by atoms with Crippen molar-refractivity contribution in [1.29, 1.82) is 0 Å². The Balaban J connectivity index is 2.16. The Kier molecular flexibility index (Phi) is 5.14. The summed E-state index contributed by atoms with van der Waals surface area (Å²) in [5.41, 5.74) is -0.790. The maximum absolute atomic E-state index is 12.8. The molecule has 0 radical (unpaired) electrons. The fourth-order valence-electron chi connectivity index (χ4n) is 1.93. The molecular formula is C16H12ClF3N2O2. The van der Waals surface area contributed by atoms with Gasteiger partial charge in [0.1, 0.15) is 0 Å². The van der Waals surface area contributed by atoms with Crippen molar-refractivity contribution in [3.8, 4) is 0 Å². The molecule has 0 bridgehead atoms. The minimum Gasteiger partial charge on any atom is -0.318 e. The summed E-state index contributed by atoms with van der Waals surface area (Å²) in [4.78, 5) is 25.1. The van der Waals surface area contributed by atoms with E-state index in [0.29, 0.717) is 11.8 Å². The van der Waals surface area contributed by atoms with Crippen molar-refractivity contribution < 1.29 is 22.8 Å². The van der Waals surface area contributed by atoms with E-state index in [-0.39, 0.29) is 5.69 Å². The minimum atomic E-state index is -4.66. The Morgan fingerprint density at radius 3 is 2.29 bits per heavy atom. The molecule has 8 heteroatoms. The lowest BCUT2D eigenvalue weighted by Gasteiger charge is -2.17. The highest BCUT2D eigenvalue weighted by Crippen LogP contribution is 2.36. The molecule has 0 spiro atoms. The summed E-state index contributed by atoms with van der Waals surface area (Å²) in [6, 6.07) is 11.2. The third-order valence-electron chi connectivity index (χ3n) is 3.17. The number of nitrogens with zero attached hydrogens (tertiary/aromatic N) is 1. The summed E-state index contributed by atoms with van der Waals surface area (Å²) < 4.78 is 38.4. The monoisotopic (exact) mass is 356 g/mol. The first-order valence-electron chi connectivity index (χ1n) is 6.71. The van der Waals surface area contributed by atoms with E-state index in [1.165, 1.54) is 13.1 Å². The average Bonchev–Trinajstić information content (AvgIpc) is 2.55. The van der Waals surface area contributed by atoms with E-state index in [4.69, 9.17) is 11.6 Å². The van der Waals surface area contributed by atoms with Crippen LogP contribution in [0.15, 0.2) is 48.5 Å². The second kappa shape index (κ2) is 6.92. The number of benzene rings is 2. The van der Waals surface area contributed by atoms with Crippen LogP contribution in [0, 0.1) is 0 Å². The second-order valence-corrected chi connectivity index (χ2v) is 5.25. The summed E-state index contributed by atoms with van der Waals surface area (Å²) in [6.45, 7) is 0. The Labute approximate surface area is 140 Å². The fourth-order valence-corrected chi connectivity index (χ4v) is 2.15. The molecule has 0 atom stereocenters. The van der Waals surface area contributed by atoms with Gasteiger partial charge in [0.15, 0.2) is 0 Å². The van der Waals surface area contributed by atoms with Gasteiger partial charge in [0.05, 0.1) is 10.6 Å². The van der Waals surface area contributed by atoms with Gasteiger partial charge in [-0.05, 0) is 30.3 Å². The van der Waals surface area contributed by atoms with E-state index < -0.39 is 28.6 Å². The molecule has 0 fully saturated rings. The van der Waals surface area contributed by atoms with E-state index in [9.17, 15) is 22.8 Å². The van der Waals surface area contributed by atoms with Gasteiger partial charge in [-0.2, -0.15) is 13.2 Å². The van der Waals surface area contributed by atoms with Crippen molar-refractivity contribution >= 4 is 34.8 Å². The molecular weight excluding hydrogens is 345 g/mol. The molecule has 0 saturated carbocycles. The van der Waals surface area contributed by atoms with Crippen LogP contribution < -0.4 is 10.2 Å². The van der Waals surface area contributed by atoms with Crippen molar-refractivity contribution in [2.24, 2.45) is 0 Å². The lowest BCUT2D eigenvalue weighted by molar-refractivity contribution is -0.137. The summed E-state index contributed by atoms with van der Waals surface area (Å²) in [7, 11) is 1.39. The highest BCUT2D eigenvalue weighted by atomic mass is 35.5. The third kappa shape index (κ3) is 4.05. The molecule has 0 aliphatic rings. The lowest BCUT2D eigenvalue weighted by Crippen LogP contribution is -2.37. The molecule has 2 amide bonds. The Hall–Kier alpha value is -2.54. The first-order chi connectivity index (χ1) is 11.2. The van der Waals surface area contributed by atoms with Gasteiger partial charge in [0.25, 0.3) is 0 Å². The number of hydrogen-bond acceptors (Lipinski definition) is 2. The van der Waals surface area contributed by atoms with Crippen molar-refractivity contribution in [2.75, 3.05) is 17.3 Å². The maximum Gasteiger partial charge on any atom is 0.417 e. The van der Waals surface area contributed by atoms with Crippen LogP contribution in [-0.2, 0) is 15.8 Å². The normalized spacial score (nSPS) is 11.0. The van der Waals surface area contributed by atoms with Crippen molar-refractivity contribution in [3.63, 3.8) is 0 Å². The standard InChI is InChI=1S/C16H12ClF3N2O2/c1-22(11-5-3-2-4-6-11)15(24)14(23)21-10-7-8-13(17)12(9-10)16(18,19)20/h2-9H,1H3,(H,21,23). The van der Waals surface area contributed by atoms with E-state index in [1.807, 2.05) is 0 Å². The van der Waals surface area contributed by atoms with E-state index in [2.05, 4.69) is 5.32 Å². The van der Waals surface area contributed by atoms with Crippen molar-refractivity contribution in [2.45, 2.75) is 6.18 Å². The first kappa shape index (κ1) is 17.8. The summed E-state index contributed by atoms with van der Waals surface area (Å²) in [6.07, 6.45) is -4.66. The van der Waals surface area contributed by atoms with Gasteiger partial charge in [0.2, 0.25) is 0 Å². The molecule has 0 saturated heterocycles. The summed E-state index contributed by atoms with van der Waals surface area (Å²) in [5.74, 6) is -1.97. The zero-order chi connectivity index (χ0) is 17.9. The van der Waals surface area contributed by atoms with Crippen molar-refractivity contribution in [3.05, 3.63) is 59.1 Å². The van der Waals surface area contributed by atoms with Crippen LogP contribution in [0.5, 0.6) is 0 Å². The zero-order valence-corrected chi connectivity index (χ0v) is 13.2. The molecule has 2 rings (SSSR count). The predicted molar refractivity (Wildman–Crippen MR) is 84.9 cm³/mol. The molecule has 24 heavy (non-hydrogen) atoms. The highest BCUT2D eigenvalue weighted by Gasteiger charge is 2.33. The predicted octanol–water partition coefficient (Wildman–Crippen LogP) is 3.96. The van der Waals surface area contributed by atoms with Gasteiger partial charge in [-0.25, -0.2) is 0 Å². The number of anilines is 2. The highest BCUT2D eigenvalue weighted by molar-refractivity contribution is 6.44. The number of amides is 2. The number of hydrogen-bond donors (Lipinski definition) is 1. The molecule has 2 aromatic rings. The second-order valence-electron chi connectivity index (χ2n) is 4.85. The van der Waals surface area contributed by atoms with Crippen LogP contribution in [0.4, 0.5) is 24.5 Å². The topological polar surface area (TPSA) is 49.4 Å². The van der Waals surface area contributed by atoms with Gasteiger partial charge in [-0.15, -0.1) is 0 Å². The largest absolute Gasteiger partial charge is 0.417 e. The number of likely N-dealkylation sites (N-methyl/N-ethyl adjacent to an activating group) is 1. The van der Waals surface area contributed by atoms with E-state index in [0.717, 1.165) is 11.0 Å². The van der Waals surface area contributed by atoms with Gasteiger partial charge in [0, 0.05) is 18.4 Å².